The fourth-order valence-corrected chi connectivity index (χ4v) is 11.5. The maximum Gasteiger partial charge on any atom is 0.472 e. The van der Waals surface area contributed by atoms with Gasteiger partial charge in [0, 0.05) is 25.7 Å². The van der Waals surface area contributed by atoms with E-state index in [1.54, 1.807) is 0 Å². The minimum Gasteiger partial charge on any atom is -0.462 e. The van der Waals surface area contributed by atoms with E-state index in [0.717, 1.165) is 120 Å². The number of aliphatic hydroxyl groups excluding tert-OH is 1. The van der Waals surface area contributed by atoms with E-state index in [0.29, 0.717) is 25.7 Å². The Morgan fingerprint density at radius 2 is 0.558 bits per heavy atom. The van der Waals surface area contributed by atoms with Crippen LogP contribution in [0.2, 0.25) is 0 Å². The molecule has 0 rings (SSSR count). The molecule has 0 aromatic heterocycles. The Balaban J connectivity index is 5.27. The smallest absolute Gasteiger partial charge is 0.462 e. The van der Waals surface area contributed by atoms with Crippen LogP contribution in [0.5, 0.6) is 0 Å². The van der Waals surface area contributed by atoms with Gasteiger partial charge in [-0.05, 0) is 49.4 Å². The van der Waals surface area contributed by atoms with E-state index < -0.39 is 97.5 Å². The van der Waals surface area contributed by atoms with Crippen molar-refractivity contribution < 1.29 is 80.2 Å². The first-order valence-corrected chi connectivity index (χ1v) is 37.7. The van der Waals surface area contributed by atoms with Crippen LogP contribution in [0.4, 0.5) is 0 Å². The third-order valence-electron chi connectivity index (χ3n) is 15.7. The number of aliphatic hydroxyl groups is 1. The van der Waals surface area contributed by atoms with Gasteiger partial charge in [0.15, 0.2) is 12.2 Å². The molecule has 510 valence electrons. The Bertz CT molecular complexity index is 1720. The summed E-state index contributed by atoms with van der Waals surface area (Å²) >= 11 is 0. The van der Waals surface area contributed by atoms with Gasteiger partial charge in [-0.1, -0.05) is 274 Å². The van der Waals surface area contributed by atoms with E-state index in [9.17, 15) is 43.2 Å². The van der Waals surface area contributed by atoms with E-state index >= 15 is 0 Å². The van der Waals surface area contributed by atoms with Crippen LogP contribution in [-0.2, 0) is 65.4 Å². The molecule has 6 atom stereocenters. The quantitative estimate of drug-likeness (QED) is 0.0222. The highest BCUT2D eigenvalue weighted by Gasteiger charge is 2.30. The second-order valence-electron chi connectivity index (χ2n) is 25.9. The van der Waals surface area contributed by atoms with Crippen LogP contribution in [0.25, 0.3) is 0 Å². The number of hydrogen-bond donors (Lipinski definition) is 3. The van der Waals surface area contributed by atoms with Crippen molar-refractivity contribution in [2.45, 2.75) is 343 Å². The van der Waals surface area contributed by atoms with Crippen LogP contribution in [0.15, 0.2) is 0 Å². The third kappa shape index (κ3) is 59.7. The summed E-state index contributed by atoms with van der Waals surface area (Å²) in [6, 6.07) is 0. The molecule has 0 amide bonds. The molecule has 86 heavy (non-hydrogen) atoms. The highest BCUT2D eigenvalue weighted by molar-refractivity contribution is 7.47. The molecule has 0 spiro atoms. The highest BCUT2D eigenvalue weighted by atomic mass is 31.2. The van der Waals surface area contributed by atoms with Crippen LogP contribution in [0.1, 0.15) is 325 Å². The molecule has 4 unspecified atom stereocenters. The minimum absolute atomic E-state index is 0.104. The maximum atomic E-state index is 13.0. The molecule has 0 aliphatic rings. The number of phosphoric ester groups is 2. The predicted molar refractivity (Wildman–Crippen MR) is 344 cm³/mol. The van der Waals surface area contributed by atoms with E-state index in [1.165, 1.54) is 122 Å². The molecule has 3 N–H and O–H groups in total. The minimum atomic E-state index is -4.95. The van der Waals surface area contributed by atoms with Crippen molar-refractivity contribution in [3.63, 3.8) is 0 Å². The van der Waals surface area contributed by atoms with Gasteiger partial charge < -0.3 is 33.8 Å². The van der Waals surface area contributed by atoms with Crippen molar-refractivity contribution in [1.29, 1.82) is 0 Å². The van der Waals surface area contributed by atoms with Gasteiger partial charge >= 0.3 is 39.5 Å². The zero-order valence-electron chi connectivity index (χ0n) is 55.9. The number of hydrogen-bond acceptors (Lipinski definition) is 15. The van der Waals surface area contributed by atoms with Gasteiger partial charge in [-0.3, -0.25) is 37.3 Å². The van der Waals surface area contributed by atoms with E-state index in [-0.39, 0.29) is 25.7 Å². The van der Waals surface area contributed by atoms with Gasteiger partial charge in [-0.2, -0.15) is 0 Å². The zero-order valence-corrected chi connectivity index (χ0v) is 57.7. The largest absolute Gasteiger partial charge is 0.472 e. The Labute approximate surface area is 524 Å². The highest BCUT2D eigenvalue weighted by Crippen LogP contribution is 2.45. The Hall–Kier alpha value is -1.94. The van der Waals surface area contributed by atoms with Crippen molar-refractivity contribution in [2.24, 2.45) is 23.7 Å². The molecule has 0 aliphatic heterocycles. The Morgan fingerprint density at radius 3 is 0.826 bits per heavy atom. The summed E-state index contributed by atoms with van der Waals surface area (Å²) in [4.78, 5) is 72.4. The molecule has 0 saturated heterocycles. The average Bonchev–Trinajstić information content (AvgIpc) is 3.52. The normalized spacial score (nSPS) is 14.7. The first-order chi connectivity index (χ1) is 41.1. The van der Waals surface area contributed by atoms with Gasteiger partial charge in [0.25, 0.3) is 0 Å². The van der Waals surface area contributed by atoms with Gasteiger partial charge in [-0.25, -0.2) is 9.13 Å². The standard InChI is InChI=1S/C67H130O17P2/c1-9-60(8)46-38-30-25-26-32-40-48-65(70)78-54-63(84-67(72)50-42-34-24-16-12-14-20-28-36-44-58(4)5)56-82-86(75,76)80-52-61(68)51-79-85(73,74)81-55-62(53-77-64(69)47-39-31-22-18-17-21-29-37-45-59(6)7)83-66(71)49-41-33-23-15-11-10-13-19-27-35-43-57(2)3/h57-63,68H,9-56H2,1-8H3,(H,73,74)(H,75,76)/t60?,61?,62-,63-/m1/s1. The van der Waals surface area contributed by atoms with Crippen molar-refractivity contribution in [1.82, 2.24) is 0 Å². The van der Waals surface area contributed by atoms with Gasteiger partial charge in [-0.15, -0.1) is 0 Å². The van der Waals surface area contributed by atoms with Crippen LogP contribution in [0.3, 0.4) is 0 Å². The summed E-state index contributed by atoms with van der Waals surface area (Å²) in [6.07, 6.45) is 37.6. The SMILES string of the molecule is CCC(C)CCCCCCCCC(=O)OC[C@H](COP(=O)(O)OCC(O)COP(=O)(O)OC[C@@H](COC(=O)CCCCCCCCCCC(C)C)OC(=O)CCCCCCCCCCCCC(C)C)OC(=O)CCCCCCCCCCCC(C)C. The van der Waals surface area contributed by atoms with Crippen molar-refractivity contribution >= 4 is 39.5 Å². The molecule has 0 aromatic rings. The molecule has 17 nitrogen and oxygen atoms in total. The fraction of sp³-hybridized carbons (Fsp3) is 0.940. The second kappa shape index (κ2) is 57.0. The molecule has 0 saturated carbocycles. The van der Waals surface area contributed by atoms with Gasteiger partial charge in [0.2, 0.25) is 0 Å². The van der Waals surface area contributed by atoms with Crippen LogP contribution >= 0.6 is 15.6 Å². The lowest BCUT2D eigenvalue weighted by Crippen LogP contribution is -2.30. The average molecular weight is 1270 g/mol. The topological polar surface area (TPSA) is 237 Å². The number of esters is 4. The molecule has 0 heterocycles. The number of carbonyl (C=O) groups excluding carboxylic acids is 4. The monoisotopic (exact) mass is 1270 g/mol. The predicted octanol–water partition coefficient (Wildman–Crippen LogP) is 18.5. The van der Waals surface area contributed by atoms with Crippen LogP contribution in [-0.4, -0.2) is 96.7 Å². The summed E-state index contributed by atoms with van der Waals surface area (Å²) in [6.45, 7) is 14.0. The first kappa shape index (κ1) is 84.1. The molecule has 19 heteroatoms. The lowest BCUT2D eigenvalue weighted by atomic mass is 10.00. The van der Waals surface area contributed by atoms with E-state index in [1.807, 2.05) is 0 Å². The number of phosphoric acid groups is 2. The molecule has 0 radical (unpaired) electrons. The Morgan fingerprint density at radius 1 is 0.326 bits per heavy atom. The number of unbranched alkanes of at least 4 members (excludes halogenated alkanes) is 29. The maximum absolute atomic E-state index is 13.0. The molecular weight excluding hydrogens is 1140 g/mol. The lowest BCUT2D eigenvalue weighted by Gasteiger charge is -2.21. The Kier molecular flexibility index (Phi) is 55.7. The van der Waals surface area contributed by atoms with Gasteiger partial charge in [0.05, 0.1) is 26.4 Å². The summed E-state index contributed by atoms with van der Waals surface area (Å²) in [5, 5.41) is 10.6. The summed E-state index contributed by atoms with van der Waals surface area (Å²) in [5.74, 6) is 0.810. The zero-order chi connectivity index (χ0) is 63.9. The molecular formula is C67H130O17P2. The van der Waals surface area contributed by atoms with Gasteiger partial charge in [0.1, 0.15) is 19.3 Å². The molecule has 0 fully saturated rings. The van der Waals surface area contributed by atoms with Crippen molar-refractivity contribution in [3.8, 4) is 0 Å². The van der Waals surface area contributed by atoms with E-state index in [4.69, 9.17) is 37.0 Å². The summed E-state index contributed by atoms with van der Waals surface area (Å²) < 4.78 is 68.1. The van der Waals surface area contributed by atoms with Crippen molar-refractivity contribution in [3.05, 3.63) is 0 Å². The second-order valence-corrected chi connectivity index (χ2v) is 28.8. The summed E-state index contributed by atoms with van der Waals surface area (Å²) in [5.41, 5.74) is 0. The van der Waals surface area contributed by atoms with E-state index in [2.05, 4.69) is 55.4 Å². The summed E-state index contributed by atoms with van der Waals surface area (Å²) in [7, 11) is -9.90. The van der Waals surface area contributed by atoms with Crippen LogP contribution in [0, 0.1) is 23.7 Å². The fourth-order valence-electron chi connectivity index (χ4n) is 9.93. The molecule has 0 bridgehead atoms. The lowest BCUT2D eigenvalue weighted by molar-refractivity contribution is -0.161. The number of rotatable bonds is 64. The molecule has 0 aromatic carbocycles. The third-order valence-corrected chi connectivity index (χ3v) is 17.6. The van der Waals surface area contributed by atoms with Crippen molar-refractivity contribution in [2.75, 3.05) is 39.6 Å². The number of carbonyl (C=O) groups is 4. The molecule has 0 aliphatic carbocycles. The first-order valence-electron chi connectivity index (χ1n) is 34.7. The number of ether oxygens (including phenoxy) is 4. The van der Waals surface area contributed by atoms with Crippen LogP contribution < -0.4 is 0 Å².